The number of hydrogen-bond donors (Lipinski definition) is 2. The van der Waals surface area contributed by atoms with Gasteiger partial charge in [-0.15, -0.1) is 0 Å². The second kappa shape index (κ2) is 5.85. The minimum atomic E-state index is 0.567. The van der Waals surface area contributed by atoms with Crippen molar-refractivity contribution in [3.05, 3.63) is 5.82 Å². The first-order valence-corrected chi connectivity index (χ1v) is 4.92. The van der Waals surface area contributed by atoms with Gasteiger partial charge in [0.25, 0.3) is 0 Å². The zero-order valence-electron chi connectivity index (χ0n) is 7.62. The van der Waals surface area contributed by atoms with Crippen LogP contribution >= 0.6 is 11.5 Å². The second-order valence-electron chi connectivity index (χ2n) is 2.47. The molecule has 1 aromatic rings. The van der Waals surface area contributed by atoms with Gasteiger partial charge >= 0.3 is 0 Å². The zero-order valence-corrected chi connectivity index (χ0v) is 8.43. The van der Waals surface area contributed by atoms with E-state index < -0.39 is 0 Å². The molecule has 0 bridgehead atoms. The highest BCUT2D eigenvalue weighted by atomic mass is 32.1. The Morgan fingerprint density at radius 3 is 3.00 bits per heavy atom. The zero-order chi connectivity index (χ0) is 9.52. The van der Waals surface area contributed by atoms with Gasteiger partial charge in [0.15, 0.2) is 0 Å². The molecule has 0 aliphatic carbocycles. The standard InChI is InChI=1S/C7H14N4OS/c1-6-10-7(13-11-6)9-3-5-12-4-2-8/h2-5,8H2,1H3,(H,9,10,11). The van der Waals surface area contributed by atoms with Crippen LogP contribution in [0.15, 0.2) is 0 Å². The summed E-state index contributed by atoms with van der Waals surface area (Å²) in [5, 5.41) is 3.94. The molecule has 3 N–H and O–H groups in total. The van der Waals surface area contributed by atoms with Gasteiger partial charge in [-0.3, -0.25) is 0 Å². The maximum atomic E-state index is 5.26. The molecular formula is C7H14N4OS. The number of anilines is 1. The van der Waals surface area contributed by atoms with Gasteiger partial charge in [0.2, 0.25) is 5.13 Å². The average molecular weight is 202 g/mol. The molecule has 0 aliphatic heterocycles. The largest absolute Gasteiger partial charge is 0.378 e. The Kier molecular flexibility index (Phi) is 4.66. The SMILES string of the molecule is Cc1nsc(NCCOCCN)n1. The van der Waals surface area contributed by atoms with Crippen molar-refractivity contribution in [1.82, 2.24) is 9.36 Å². The normalized spacial score (nSPS) is 10.3. The lowest BCUT2D eigenvalue weighted by Crippen LogP contribution is -2.14. The van der Waals surface area contributed by atoms with Crippen molar-refractivity contribution in [3.8, 4) is 0 Å². The van der Waals surface area contributed by atoms with E-state index in [1.54, 1.807) is 0 Å². The second-order valence-corrected chi connectivity index (χ2v) is 3.23. The fourth-order valence-electron chi connectivity index (χ4n) is 0.784. The summed E-state index contributed by atoms with van der Waals surface area (Å²) in [6.07, 6.45) is 0. The Labute approximate surface area is 81.5 Å². The van der Waals surface area contributed by atoms with Gasteiger partial charge in [0.05, 0.1) is 13.2 Å². The summed E-state index contributed by atoms with van der Waals surface area (Å²) < 4.78 is 9.22. The third-order valence-corrected chi connectivity index (χ3v) is 2.08. The van der Waals surface area contributed by atoms with Gasteiger partial charge in [-0.05, 0) is 6.92 Å². The lowest BCUT2D eigenvalue weighted by molar-refractivity contribution is 0.151. The highest BCUT2D eigenvalue weighted by Crippen LogP contribution is 2.08. The molecule has 0 atom stereocenters. The van der Waals surface area contributed by atoms with Crippen LogP contribution in [0.3, 0.4) is 0 Å². The molecule has 1 aromatic heterocycles. The van der Waals surface area contributed by atoms with Crippen LogP contribution in [0.5, 0.6) is 0 Å². The summed E-state index contributed by atoms with van der Waals surface area (Å²) in [5.41, 5.74) is 5.26. The van der Waals surface area contributed by atoms with E-state index in [0.717, 1.165) is 17.5 Å². The molecule has 0 amide bonds. The smallest absolute Gasteiger partial charge is 0.202 e. The summed E-state index contributed by atoms with van der Waals surface area (Å²) in [6.45, 7) is 4.44. The number of aryl methyl sites for hydroxylation is 1. The van der Waals surface area contributed by atoms with Crippen LogP contribution in [0, 0.1) is 6.92 Å². The molecule has 5 nitrogen and oxygen atoms in total. The number of hydrogen-bond acceptors (Lipinski definition) is 6. The molecule has 0 spiro atoms. The molecule has 0 unspecified atom stereocenters. The maximum Gasteiger partial charge on any atom is 0.202 e. The van der Waals surface area contributed by atoms with E-state index in [2.05, 4.69) is 14.7 Å². The monoisotopic (exact) mass is 202 g/mol. The van der Waals surface area contributed by atoms with Crippen molar-refractivity contribution in [1.29, 1.82) is 0 Å². The van der Waals surface area contributed by atoms with Crippen LogP contribution in [0.25, 0.3) is 0 Å². The summed E-state index contributed by atoms with van der Waals surface area (Å²) in [7, 11) is 0. The lowest BCUT2D eigenvalue weighted by Gasteiger charge is -2.02. The average Bonchev–Trinajstić information content (AvgIpc) is 2.51. The lowest BCUT2D eigenvalue weighted by atomic mass is 10.6. The van der Waals surface area contributed by atoms with Crippen LogP contribution in [0.2, 0.25) is 0 Å². The Hall–Kier alpha value is -0.720. The van der Waals surface area contributed by atoms with Crippen molar-refractivity contribution in [2.75, 3.05) is 31.6 Å². The van der Waals surface area contributed by atoms with E-state index >= 15 is 0 Å². The van der Waals surface area contributed by atoms with E-state index in [1.807, 2.05) is 6.92 Å². The fourth-order valence-corrected chi connectivity index (χ4v) is 1.38. The van der Waals surface area contributed by atoms with Gasteiger partial charge in [0, 0.05) is 24.6 Å². The molecule has 0 aromatic carbocycles. The predicted octanol–water partition coefficient (Wildman–Crippen LogP) is 0.234. The highest BCUT2D eigenvalue weighted by molar-refractivity contribution is 7.09. The van der Waals surface area contributed by atoms with Crippen LogP contribution in [-0.4, -0.2) is 35.7 Å². The van der Waals surface area contributed by atoms with Gasteiger partial charge in [-0.2, -0.15) is 4.37 Å². The number of rotatable bonds is 6. The van der Waals surface area contributed by atoms with Crippen LogP contribution < -0.4 is 11.1 Å². The van der Waals surface area contributed by atoms with E-state index in [4.69, 9.17) is 10.5 Å². The molecule has 0 fully saturated rings. The van der Waals surface area contributed by atoms with Gasteiger partial charge in [-0.25, -0.2) is 4.98 Å². The molecule has 0 aliphatic rings. The number of ether oxygens (including phenoxy) is 1. The Morgan fingerprint density at radius 2 is 2.38 bits per heavy atom. The molecule has 0 saturated carbocycles. The van der Waals surface area contributed by atoms with Crippen LogP contribution in [0.4, 0.5) is 5.13 Å². The third-order valence-electron chi connectivity index (χ3n) is 1.31. The van der Waals surface area contributed by atoms with Crippen molar-refractivity contribution in [2.45, 2.75) is 6.92 Å². The first-order valence-electron chi connectivity index (χ1n) is 4.15. The van der Waals surface area contributed by atoms with Crippen molar-refractivity contribution in [3.63, 3.8) is 0 Å². The maximum absolute atomic E-state index is 5.26. The minimum Gasteiger partial charge on any atom is -0.378 e. The van der Waals surface area contributed by atoms with Crippen molar-refractivity contribution >= 4 is 16.7 Å². The van der Waals surface area contributed by atoms with Crippen LogP contribution in [0.1, 0.15) is 5.82 Å². The van der Waals surface area contributed by atoms with E-state index in [1.165, 1.54) is 11.5 Å². The molecule has 1 rings (SSSR count). The molecule has 1 heterocycles. The summed E-state index contributed by atoms with van der Waals surface area (Å²) >= 11 is 1.36. The predicted molar refractivity (Wildman–Crippen MR) is 53.0 cm³/mol. The van der Waals surface area contributed by atoms with E-state index in [-0.39, 0.29) is 0 Å². The number of nitrogens with two attached hydrogens (primary N) is 1. The minimum absolute atomic E-state index is 0.567. The van der Waals surface area contributed by atoms with Crippen molar-refractivity contribution < 1.29 is 4.74 Å². The molecule has 74 valence electrons. The van der Waals surface area contributed by atoms with E-state index in [9.17, 15) is 0 Å². The Morgan fingerprint density at radius 1 is 1.54 bits per heavy atom. The highest BCUT2D eigenvalue weighted by Gasteiger charge is 1.97. The summed E-state index contributed by atoms with van der Waals surface area (Å²) in [5.74, 6) is 0.801. The van der Waals surface area contributed by atoms with Crippen molar-refractivity contribution in [2.24, 2.45) is 5.73 Å². The molecule has 0 radical (unpaired) electrons. The van der Waals surface area contributed by atoms with Gasteiger partial charge < -0.3 is 15.8 Å². The molecular weight excluding hydrogens is 188 g/mol. The fraction of sp³-hybridized carbons (Fsp3) is 0.714. The quantitative estimate of drug-likeness (QED) is 0.646. The molecule has 13 heavy (non-hydrogen) atoms. The number of nitrogens with zero attached hydrogens (tertiary/aromatic N) is 2. The van der Waals surface area contributed by atoms with Gasteiger partial charge in [0.1, 0.15) is 5.82 Å². The third kappa shape index (κ3) is 4.16. The summed E-state index contributed by atoms with van der Waals surface area (Å²) in [4.78, 5) is 4.14. The Balaban J connectivity index is 2.06. The first kappa shape index (κ1) is 10.4. The Bertz CT molecular complexity index is 240. The summed E-state index contributed by atoms with van der Waals surface area (Å²) in [6, 6.07) is 0. The van der Waals surface area contributed by atoms with Crippen LogP contribution in [-0.2, 0) is 4.74 Å². The molecule has 6 heteroatoms. The van der Waals surface area contributed by atoms with E-state index in [0.29, 0.717) is 19.8 Å². The number of aromatic nitrogens is 2. The van der Waals surface area contributed by atoms with Gasteiger partial charge in [-0.1, -0.05) is 0 Å². The topological polar surface area (TPSA) is 73.1 Å². The molecule has 0 saturated heterocycles. The first-order chi connectivity index (χ1) is 6.33. The number of nitrogens with one attached hydrogen (secondary N) is 1.